The molecular formula is C20H30F6O8Ti. The van der Waals surface area contributed by atoms with Crippen molar-refractivity contribution in [3.63, 3.8) is 0 Å². The fourth-order valence-corrected chi connectivity index (χ4v) is 2.60. The van der Waals surface area contributed by atoms with Crippen molar-refractivity contribution in [3.05, 3.63) is 0 Å². The summed E-state index contributed by atoms with van der Waals surface area (Å²) < 4.78 is 80.3. The van der Waals surface area contributed by atoms with Crippen LogP contribution in [0.3, 0.4) is 0 Å². The Morgan fingerprint density at radius 3 is 1.09 bits per heavy atom. The first-order valence-corrected chi connectivity index (χ1v) is 11.6. The third-order valence-corrected chi connectivity index (χ3v) is 5.25. The normalized spacial score (nSPS) is 13.0. The minimum Gasteiger partial charge on any atom is -0.549 e. The molecule has 0 aliphatic carbocycles. The van der Waals surface area contributed by atoms with Crippen molar-refractivity contribution in [1.82, 2.24) is 0 Å². The first kappa shape index (κ1) is 38.0. The largest absolute Gasteiger partial charge is 0.549 e. The molecule has 0 spiro atoms. The maximum Gasteiger partial charge on any atom is 0.395 e. The van der Waals surface area contributed by atoms with E-state index in [1.807, 2.05) is 27.7 Å². The average Bonchev–Trinajstić information content (AvgIpc) is 2.59. The average molecular weight is 560 g/mol. The third-order valence-electron chi connectivity index (χ3n) is 3.48. The Hall–Kier alpha value is -1.51. The molecule has 35 heavy (non-hydrogen) atoms. The molecule has 0 radical (unpaired) electrons. The van der Waals surface area contributed by atoms with Gasteiger partial charge in [0.1, 0.15) is 12.8 Å². The zero-order valence-corrected chi connectivity index (χ0v) is 21.7. The van der Waals surface area contributed by atoms with Crippen molar-refractivity contribution in [3.8, 4) is 0 Å². The minimum absolute atomic E-state index is 0.183. The van der Waals surface area contributed by atoms with Gasteiger partial charge in [-0.2, -0.15) is 26.3 Å². The second-order valence-corrected chi connectivity index (χ2v) is 8.49. The molecule has 0 N–H and O–H groups in total. The second-order valence-electron chi connectivity index (χ2n) is 7.49. The molecule has 0 rings (SSSR count). The molecule has 8 nitrogen and oxygen atoms in total. The first-order valence-electron chi connectivity index (χ1n) is 10.3. The standard InChI is InChI=1S/2C7H9F3O3.2C3H7O.Ti/c2*1-2-4(6(12)13)5(11)3-7(8,9)10;2*1-3(2)4;/h2*4H,2-3H2,1H3,(H,12,13);2*3H,1-2H3;/q;;2*-1;+4/p-2. The van der Waals surface area contributed by atoms with Crippen molar-refractivity contribution >= 4 is 23.5 Å². The third kappa shape index (κ3) is 25.4. The van der Waals surface area contributed by atoms with Crippen LogP contribution in [0.2, 0.25) is 0 Å². The van der Waals surface area contributed by atoms with Crippen LogP contribution >= 0.6 is 0 Å². The number of aliphatic carboxylic acids is 2. The van der Waals surface area contributed by atoms with Crippen LogP contribution in [0.1, 0.15) is 67.2 Å². The summed E-state index contributed by atoms with van der Waals surface area (Å²) in [4.78, 5) is 41.7. The van der Waals surface area contributed by atoms with E-state index in [0.717, 1.165) is 0 Å². The fraction of sp³-hybridized carbons (Fsp3) is 0.800. The van der Waals surface area contributed by atoms with Gasteiger partial charge in [0.25, 0.3) is 0 Å². The molecule has 0 saturated carbocycles. The van der Waals surface area contributed by atoms with E-state index in [0.29, 0.717) is 12.2 Å². The van der Waals surface area contributed by atoms with Crippen molar-refractivity contribution in [2.45, 2.75) is 91.8 Å². The van der Waals surface area contributed by atoms with Crippen LogP contribution < -0.4 is 10.2 Å². The van der Waals surface area contributed by atoms with E-state index in [2.05, 4.69) is 0 Å². The van der Waals surface area contributed by atoms with Gasteiger partial charge in [-0.05, 0) is 12.8 Å². The predicted octanol–water partition coefficient (Wildman–Crippen LogP) is 2.32. The fourth-order valence-electron chi connectivity index (χ4n) is 1.91. The Labute approximate surface area is 209 Å². The Balaban J connectivity index is -0.000000448. The SMILES string of the molecule is CC(C)[O][Ti+2][O]C(C)C.CCC(C(=O)[O-])C(=O)CC(F)(F)F.CCC(C(=O)[O-])C(=O)CC(F)(F)F. The molecule has 0 saturated heterocycles. The van der Waals surface area contributed by atoms with Crippen LogP contribution in [0.5, 0.6) is 0 Å². The number of alkyl halides is 6. The number of carboxylic acid groups (broad SMARTS) is 2. The van der Waals surface area contributed by atoms with E-state index in [-0.39, 0.29) is 12.8 Å². The van der Waals surface area contributed by atoms with Crippen LogP contribution in [-0.4, -0.2) is 48.1 Å². The molecule has 0 aromatic heterocycles. The predicted molar refractivity (Wildman–Crippen MR) is 101 cm³/mol. The summed E-state index contributed by atoms with van der Waals surface area (Å²) >= 11 is -0.574. The summed E-state index contributed by atoms with van der Waals surface area (Å²) in [7, 11) is 0. The molecular weight excluding hydrogens is 530 g/mol. The monoisotopic (exact) mass is 560 g/mol. The van der Waals surface area contributed by atoms with Crippen molar-refractivity contribution < 1.29 is 82.3 Å². The summed E-state index contributed by atoms with van der Waals surface area (Å²) in [6, 6.07) is 0. The molecule has 2 atom stereocenters. The van der Waals surface area contributed by atoms with Gasteiger partial charge in [0.05, 0.1) is 23.8 Å². The number of ketones is 2. The van der Waals surface area contributed by atoms with Crippen molar-refractivity contribution in [2.75, 3.05) is 0 Å². The smallest absolute Gasteiger partial charge is 0.395 e. The topological polar surface area (TPSA) is 133 Å². The van der Waals surface area contributed by atoms with Gasteiger partial charge >= 0.3 is 78.8 Å². The minimum atomic E-state index is -4.65. The quantitative estimate of drug-likeness (QED) is 0.202. The van der Waals surface area contributed by atoms with Gasteiger partial charge in [0.15, 0.2) is 11.6 Å². The Kier molecular flexibility index (Phi) is 20.3. The zero-order valence-electron chi connectivity index (χ0n) is 20.2. The number of hydrogen-bond donors (Lipinski definition) is 0. The van der Waals surface area contributed by atoms with E-state index >= 15 is 0 Å². The summed E-state index contributed by atoms with van der Waals surface area (Å²) in [6.07, 6.45) is -12.4. The molecule has 15 heteroatoms. The Morgan fingerprint density at radius 1 is 0.686 bits per heavy atom. The molecule has 0 aliphatic heterocycles. The van der Waals surface area contributed by atoms with E-state index in [9.17, 15) is 55.7 Å². The maximum atomic E-state index is 11.6. The summed E-state index contributed by atoms with van der Waals surface area (Å²) in [6.45, 7) is 10.7. The molecule has 204 valence electrons. The number of carbonyl (C=O) groups is 4. The van der Waals surface area contributed by atoms with Gasteiger partial charge < -0.3 is 19.8 Å². The first-order chi connectivity index (χ1) is 15.7. The maximum absolute atomic E-state index is 11.6. The van der Waals surface area contributed by atoms with Gasteiger partial charge in [-0.3, -0.25) is 9.59 Å². The van der Waals surface area contributed by atoms with Gasteiger partial charge in [-0.15, -0.1) is 0 Å². The van der Waals surface area contributed by atoms with E-state index in [1.165, 1.54) is 13.8 Å². The van der Waals surface area contributed by atoms with Crippen LogP contribution in [0.4, 0.5) is 26.3 Å². The van der Waals surface area contributed by atoms with Crippen molar-refractivity contribution in [1.29, 1.82) is 0 Å². The summed E-state index contributed by atoms with van der Waals surface area (Å²) in [5.74, 6) is -9.51. The van der Waals surface area contributed by atoms with Crippen LogP contribution in [0, 0.1) is 11.8 Å². The molecule has 0 amide bonds. The molecule has 0 aromatic carbocycles. The molecule has 0 bridgehead atoms. The summed E-state index contributed by atoms with van der Waals surface area (Å²) in [5.41, 5.74) is 0. The van der Waals surface area contributed by atoms with Gasteiger partial charge in [0.2, 0.25) is 0 Å². The van der Waals surface area contributed by atoms with Crippen LogP contribution in [0.15, 0.2) is 0 Å². The van der Waals surface area contributed by atoms with Gasteiger partial charge in [-0.1, -0.05) is 13.8 Å². The Morgan fingerprint density at radius 2 is 0.943 bits per heavy atom. The number of carbonyl (C=O) groups excluding carboxylic acids is 4. The van der Waals surface area contributed by atoms with Gasteiger partial charge in [-0.25, -0.2) is 0 Å². The molecule has 0 aromatic rings. The molecule has 2 unspecified atom stereocenters. The second kappa shape index (κ2) is 18.7. The number of Topliss-reactive ketones (excluding diaryl/α,β-unsaturated/α-hetero) is 2. The van der Waals surface area contributed by atoms with Crippen LogP contribution in [0.25, 0.3) is 0 Å². The van der Waals surface area contributed by atoms with E-state index < -0.39 is 80.5 Å². The molecule has 0 aliphatic rings. The number of carboxylic acids is 2. The molecule has 0 heterocycles. The number of halogens is 6. The number of hydrogen-bond acceptors (Lipinski definition) is 8. The summed E-state index contributed by atoms with van der Waals surface area (Å²) in [5, 5.41) is 20.3. The van der Waals surface area contributed by atoms with Crippen molar-refractivity contribution in [2.24, 2.45) is 11.8 Å². The number of rotatable bonds is 12. The Bertz CT molecular complexity index is 597. The van der Waals surface area contributed by atoms with Crippen LogP contribution in [-0.2, 0) is 45.7 Å². The molecule has 0 fully saturated rings. The van der Waals surface area contributed by atoms with E-state index in [1.54, 1.807) is 0 Å². The van der Waals surface area contributed by atoms with E-state index in [4.69, 9.17) is 6.64 Å². The zero-order chi connectivity index (χ0) is 28.6. The van der Waals surface area contributed by atoms with Gasteiger partial charge in [0, 0.05) is 0 Å².